The van der Waals surface area contributed by atoms with Crippen LogP contribution in [-0.4, -0.2) is 55.7 Å². The first kappa shape index (κ1) is 31.9. The molecule has 2 atom stereocenters. The summed E-state index contributed by atoms with van der Waals surface area (Å²) in [5.74, 6) is 0.621. The summed E-state index contributed by atoms with van der Waals surface area (Å²) in [5, 5.41) is 13.3. The van der Waals surface area contributed by atoms with Crippen LogP contribution in [0.2, 0.25) is 0 Å². The molecule has 1 fully saturated rings. The quantitative estimate of drug-likeness (QED) is 0.254. The molecule has 1 amide bonds. The number of anilines is 2. The Morgan fingerprint density at radius 2 is 1.93 bits per heavy atom. The summed E-state index contributed by atoms with van der Waals surface area (Å²) in [4.78, 5) is 22.4. The SMILES string of the molecule is Cc1cc(Nc2ncnc3ccn(CCN4C[C@H](O)C[C@H]4C(N)=O)c23)ccc1Oc1cccc(C(F)(F)F)c1.Cl.Cl. The molecule has 0 unspecified atom stereocenters. The van der Waals surface area contributed by atoms with Crippen molar-refractivity contribution in [3.8, 4) is 11.5 Å². The number of β-amino-alcohol motifs (C(OH)–C–C–N with tert-alkyl or cyclic N) is 1. The Morgan fingerprint density at radius 3 is 2.63 bits per heavy atom. The lowest BCUT2D eigenvalue weighted by molar-refractivity contribution is -0.137. The fourth-order valence-electron chi connectivity index (χ4n) is 4.81. The molecule has 0 bridgehead atoms. The van der Waals surface area contributed by atoms with E-state index < -0.39 is 29.8 Å². The zero-order valence-electron chi connectivity index (χ0n) is 21.8. The number of aliphatic hydroxyl groups is 1. The van der Waals surface area contributed by atoms with Gasteiger partial charge in [-0.25, -0.2) is 9.97 Å². The molecular weight excluding hydrogens is 584 g/mol. The zero-order valence-corrected chi connectivity index (χ0v) is 23.5. The molecule has 1 saturated heterocycles. The van der Waals surface area contributed by atoms with Gasteiger partial charge in [-0.05, 0) is 61.4 Å². The Kier molecular flexibility index (Phi) is 10.1. The van der Waals surface area contributed by atoms with Gasteiger partial charge in [-0.3, -0.25) is 9.69 Å². The molecule has 0 saturated carbocycles. The molecule has 2 aromatic heterocycles. The highest BCUT2D eigenvalue weighted by Gasteiger charge is 2.34. The minimum absolute atomic E-state index is 0. The number of aryl methyl sites for hydroxylation is 1. The van der Waals surface area contributed by atoms with E-state index in [1.54, 1.807) is 19.1 Å². The van der Waals surface area contributed by atoms with Crippen LogP contribution >= 0.6 is 24.8 Å². The van der Waals surface area contributed by atoms with E-state index in [-0.39, 0.29) is 30.6 Å². The largest absolute Gasteiger partial charge is 0.457 e. The number of alkyl halides is 3. The monoisotopic (exact) mass is 612 g/mol. The van der Waals surface area contributed by atoms with E-state index in [9.17, 15) is 23.1 Å². The second-order valence-electron chi connectivity index (χ2n) is 9.50. The standard InChI is InChI=1S/C27H27F3N6O3.2ClH/c1-16-11-18(5-6-23(16)39-20-4-2-3-17(12-20)27(28,29)30)34-26-24-21(32-15-33-26)7-8-35(24)9-10-36-14-19(37)13-22(36)25(31)38;;/h2-8,11-12,15,19,22,37H,9-10,13-14H2,1H3,(H2,31,38)(H,32,33,34);2*1H/t19-,22+;;/m1../s1. The molecule has 4 N–H and O–H groups in total. The van der Waals surface area contributed by atoms with Crippen LogP contribution in [0.3, 0.4) is 0 Å². The Morgan fingerprint density at radius 1 is 1.15 bits per heavy atom. The molecular formula is C27H29Cl2F3N6O3. The van der Waals surface area contributed by atoms with Gasteiger partial charge >= 0.3 is 6.18 Å². The number of primary amides is 1. The average molecular weight is 613 g/mol. The molecule has 4 aromatic rings. The number of amides is 1. The van der Waals surface area contributed by atoms with E-state index in [1.165, 1.54) is 18.5 Å². The number of hydrogen-bond donors (Lipinski definition) is 3. The Hall–Kier alpha value is -3.58. The predicted octanol–water partition coefficient (Wildman–Crippen LogP) is 5.06. The number of carbonyl (C=O) groups is 1. The third-order valence-corrected chi connectivity index (χ3v) is 6.71. The van der Waals surface area contributed by atoms with Gasteiger partial charge < -0.3 is 25.5 Å². The normalized spacial score (nSPS) is 17.1. The first-order chi connectivity index (χ1) is 18.6. The van der Waals surface area contributed by atoms with Crippen molar-refractivity contribution in [2.24, 2.45) is 5.73 Å². The predicted molar refractivity (Wildman–Crippen MR) is 153 cm³/mol. The highest BCUT2D eigenvalue weighted by molar-refractivity contribution is 5.88. The smallest absolute Gasteiger partial charge is 0.416 e. The number of rotatable bonds is 8. The highest BCUT2D eigenvalue weighted by atomic mass is 35.5. The molecule has 1 aliphatic rings. The summed E-state index contributed by atoms with van der Waals surface area (Å²) in [7, 11) is 0. The number of benzene rings is 2. The molecule has 0 aliphatic carbocycles. The fraction of sp³-hybridized carbons (Fsp3) is 0.296. The molecule has 1 aliphatic heterocycles. The lowest BCUT2D eigenvalue weighted by Crippen LogP contribution is -2.41. The van der Waals surface area contributed by atoms with Crippen LogP contribution in [0.25, 0.3) is 11.0 Å². The maximum Gasteiger partial charge on any atom is 0.416 e. The molecule has 5 rings (SSSR count). The lowest BCUT2D eigenvalue weighted by Gasteiger charge is -2.22. The number of aliphatic hydroxyl groups excluding tert-OH is 1. The molecule has 0 radical (unpaired) electrons. The number of carbonyl (C=O) groups excluding carboxylic acids is 1. The summed E-state index contributed by atoms with van der Waals surface area (Å²) < 4.78 is 46.8. The maximum absolute atomic E-state index is 13.0. The fourth-order valence-corrected chi connectivity index (χ4v) is 4.81. The molecule has 9 nitrogen and oxygen atoms in total. The van der Waals surface area contributed by atoms with Crippen LogP contribution in [0, 0.1) is 6.92 Å². The summed E-state index contributed by atoms with van der Waals surface area (Å²) >= 11 is 0. The first-order valence-corrected chi connectivity index (χ1v) is 12.3. The van der Waals surface area contributed by atoms with Crippen LogP contribution in [0.4, 0.5) is 24.7 Å². The van der Waals surface area contributed by atoms with Crippen molar-refractivity contribution in [2.45, 2.75) is 38.2 Å². The Balaban J connectivity index is 0.00000231. The minimum atomic E-state index is -4.46. The summed E-state index contributed by atoms with van der Waals surface area (Å²) in [6, 6.07) is 11.3. The van der Waals surface area contributed by atoms with Crippen LogP contribution in [-0.2, 0) is 17.5 Å². The van der Waals surface area contributed by atoms with Gasteiger partial charge in [-0.1, -0.05) is 6.07 Å². The number of halogens is 5. The molecule has 14 heteroatoms. The van der Waals surface area contributed by atoms with Gasteiger partial charge in [0.05, 0.1) is 23.2 Å². The lowest BCUT2D eigenvalue weighted by atomic mass is 10.2. The van der Waals surface area contributed by atoms with Crippen LogP contribution < -0.4 is 15.8 Å². The van der Waals surface area contributed by atoms with Crippen LogP contribution in [0.1, 0.15) is 17.5 Å². The van der Waals surface area contributed by atoms with Gasteiger partial charge in [0.2, 0.25) is 5.91 Å². The molecule has 220 valence electrons. The second-order valence-corrected chi connectivity index (χ2v) is 9.50. The van der Waals surface area contributed by atoms with Crippen molar-refractivity contribution in [3.63, 3.8) is 0 Å². The number of nitrogens with two attached hydrogens (primary N) is 1. The number of fused-ring (bicyclic) bond motifs is 1. The van der Waals surface area contributed by atoms with Gasteiger partial charge in [0, 0.05) is 31.5 Å². The van der Waals surface area contributed by atoms with E-state index >= 15 is 0 Å². The molecule has 0 spiro atoms. The van der Waals surface area contributed by atoms with Crippen molar-refractivity contribution in [1.29, 1.82) is 0 Å². The number of nitrogens with one attached hydrogen (secondary N) is 1. The van der Waals surface area contributed by atoms with Crippen molar-refractivity contribution in [3.05, 3.63) is 72.2 Å². The number of ether oxygens (including phenoxy) is 1. The van der Waals surface area contributed by atoms with Crippen molar-refractivity contribution in [2.75, 3.05) is 18.4 Å². The average Bonchev–Trinajstić information content (AvgIpc) is 3.48. The van der Waals surface area contributed by atoms with Crippen molar-refractivity contribution in [1.82, 2.24) is 19.4 Å². The van der Waals surface area contributed by atoms with Gasteiger partial charge in [0.15, 0.2) is 5.82 Å². The first-order valence-electron chi connectivity index (χ1n) is 12.3. The number of hydrogen-bond acceptors (Lipinski definition) is 7. The van der Waals surface area contributed by atoms with Crippen molar-refractivity contribution >= 4 is 53.3 Å². The second kappa shape index (κ2) is 12.9. The van der Waals surface area contributed by atoms with Gasteiger partial charge in [0.1, 0.15) is 23.3 Å². The highest BCUT2D eigenvalue weighted by Crippen LogP contribution is 2.34. The van der Waals surface area contributed by atoms with E-state index in [0.29, 0.717) is 48.9 Å². The van der Waals surface area contributed by atoms with Gasteiger partial charge in [0.25, 0.3) is 0 Å². The Bertz CT molecular complexity index is 1520. The van der Waals surface area contributed by atoms with Crippen molar-refractivity contribution < 1.29 is 27.8 Å². The topological polar surface area (TPSA) is 119 Å². The number of nitrogens with zero attached hydrogens (tertiary/aromatic N) is 4. The van der Waals surface area contributed by atoms with E-state index in [0.717, 1.165) is 23.2 Å². The minimum Gasteiger partial charge on any atom is -0.457 e. The third kappa shape index (κ3) is 7.20. The van der Waals surface area contributed by atoms with E-state index in [2.05, 4.69) is 15.3 Å². The van der Waals surface area contributed by atoms with Crippen LogP contribution in [0.15, 0.2) is 61.1 Å². The molecule has 3 heterocycles. The van der Waals surface area contributed by atoms with Crippen LogP contribution in [0.5, 0.6) is 11.5 Å². The van der Waals surface area contributed by atoms with E-state index in [4.69, 9.17) is 10.5 Å². The molecule has 41 heavy (non-hydrogen) atoms. The van der Waals surface area contributed by atoms with E-state index in [1.807, 2.05) is 27.8 Å². The number of likely N-dealkylation sites (tertiary alicyclic amines) is 1. The summed E-state index contributed by atoms with van der Waals surface area (Å²) in [6.07, 6.45) is -1.39. The third-order valence-electron chi connectivity index (χ3n) is 6.71. The summed E-state index contributed by atoms with van der Waals surface area (Å²) in [5.41, 5.74) is 7.62. The van der Waals surface area contributed by atoms with Gasteiger partial charge in [-0.15, -0.1) is 24.8 Å². The molecule has 2 aromatic carbocycles. The number of aromatic nitrogens is 3. The Labute approximate surface area is 246 Å². The summed E-state index contributed by atoms with van der Waals surface area (Å²) in [6.45, 7) is 3.20. The maximum atomic E-state index is 13.0. The zero-order chi connectivity index (χ0) is 27.7. The van der Waals surface area contributed by atoms with Gasteiger partial charge in [-0.2, -0.15) is 13.2 Å².